The second-order valence-corrected chi connectivity index (χ2v) is 14.4. The maximum atomic E-state index is 6.66. The molecule has 0 aliphatic carbocycles. The van der Waals surface area contributed by atoms with E-state index in [2.05, 4.69) is 152 Å². The van der Waals surface area contributed by atoms with Gasteiger partial charge >= 0.3 is 0 Å². The molecule has 0 unspecified atom stereocenters. The van der Waals surface area contributed by atoms with Crippen LogP contribution >= 0.6 is 0 Å². The van der Waals surface area contributed by atoms with E-state index in [1.807, 2.05) is 24.3 Å². The minimum atomic E-state index is 0.585. The number of furan rings is 2. The summed E-state index contributed by atoms with van der Waals surface area (Å²) in [4.78, 5) is 15.5. The molecule has 9 aromatic carbocycles. The average Bonchev–Trinajstić information content (AvgIpc) is 3.84. The van der Waals surface area contributed by atoms with Gasteiger partial charge in [0.05, 0.1) is 0 Å². The topological polar surface area (TPSA) is 65.0 Å². The first kappa shape index (κ1) is 30.8. The first-order valence-electron chi connectivity index (χ1n) is 18.8. The van der Waals surface area contributed by atoms with E-state index in [4.69, 9.17) is 23.8 Å². The molecule has 0 spiro atoms. The van der Waals surface area contributed by atoms with Gasteiger partial charge in [0.25, 0.3) is 0 Å². The van der Waals surface area contributed by atoms with Crippen LogP contribution in [0, 0.1) is 0 Å². The predicted octanol–water partition coefficient (Wildman–Crippen LogP) is 13.8. The van der Waals surface area contributed by atoms with Gasteiger partial charge in [0.15, 0.2) is 17.5 Å². The second kappa shape index (κ2) is 11.9. The maximum absolute atomic E-state index is 6.66. The fourth-order valence-electron chi connectivity index (χ4n) is 8.38. The van der Waals surface area contributed by atoms with Crippen molar-refractivity contribution < 1.29 is 8.83 Å². The van der Waals surface area contributed by atoms with Crippen molar-refractivity contribution in [1.82, 2.24) is 15.0 Å². The van der Waals surface area contributed by atoms with Gasteiger partial charge in [-0.05, 0) is 80.3 Å². The first-order chi connectivity index (χ1) is 27.7. The van der Waals surface area contributed by atoms with Crippen LogP contribution < -0.4 is 0 Å². The van der Waals surface area contributed by atoms with Crippen molar-refractivity contribution in [2.24, 2.45) is 0 Å². The fourth-order valence-corrected chi connectivity index (χ4v) is 8.38. The van der Waals surface area contributed by atoms with Crippen LogP contribution in [0.2, 0.25) is 0 Å². The lowest BCUT2D eigenvalue weighted by Crippen LogP contribution is -2.00. The van der Waals surface area contributed by atoms with Crippen LogP contribution in [0.3, 0.4) is 0 Å². The number of benzene rings is 9. The summed E-state index contributed by atoms with van der Waals surface area (Å²) < 4.78 is 13.2. The van der Waals surface area contributed by atoms with Gasteiger partial charge in [0, 0.05) is 43.8 Å². The van der Waals surface area contributed by atoms with Gasteiger partial charge in [0.2, 0.25) is 0 Å². The van der Waals surface area contributed by atoms with Crippen molar-refractivity contribution >= 4 is 76.2 Å². The molecule has 56 heavy (non-hydrogen) atoms. The van der Waals surface area contributed by atoms with Gasteiger partial charge in [-0.15, -0.1) is 0 Å². The van der Waals surface area contributed by atoms with Crippen molar-refractivity contribution in [1.29, 1.82) is 0 Å². The van der Waals surface area contributed by atoms with E-state index in [0.29, 0.717) is 17.5 Å². The predicted molar refractivity (Wildman–Crippen MR) is 229 cm³/mol. The van der Waals surface area contributed by atoms with Crippen molar-refractivity contribution in [2.45, 2.75) is 0 Å². The van der Waals surface area contributed by atoms with E-state index in [1.54, 1.807) is 0 Å². The Balaban J connectivity index is 1.06. The molecule has 3 heterocycles. The van der Waals surface area contributed by atoms with Crippen LogP contribution in [-0.4, -0.2) is 15.0 Å². The Labute approximate surface area is 320 Å². The first-order valence-corrected chi connectivity index (χ1v) is 18.8. The van der Waals surface area contributed by atoms with Gasteiger partial charge < -0.3 is 8.83 Å². The Hall–Kier alpha value is -7.63. The third kappa shape index (κ3) is 4.78. The van der Waals surface area contributed by atoms with Crippen molar-refractivity contribution in [3.63, 3.8) is 0 Å². The Morgan fingerprint density at radius 1 is 0.304 bits per heavy atom. The monoisotopic (exact) mass is 715 g/mol. The molecule has 12 rings (SSSR count). The minimum absolute atomic E-state index is 0.585. The molecule has 12 aromatic rings. The summed E-state index contributed by atoms with van der Waals surface area (Å²) in [5.74, 6) is 1.81. The Kier molecular flexibility index (Phi) is 6.56. The molecule has 0 amide bonds. The molecular formula is C51H29N3O2. The zero-order valence-electron chi connectivity index (χ0n) is 29.9. The SMILES string of the molecule is c1ccc2cc(-c3nc(-c4ccc5ccccc5c4)nc(-c4cccc5oc6cc(-c7cc8ccccc8c8c7oc7ccccc78)ccc6c45)n3)ccc2c1. The number of nitrogens with zero attached hydrogens (tertiary/aromatic N) is 3. The van der Waals surface area contributed by atoms with E-state index in [1.165, 1.54) is 16.2 Å². The molecule has 5 heteroatoms. The van der Waals surface area contributed by atoms with E-state index in [-0.39, 0.29) is 0 Å². The Morgan fingerprint density at radius 2 is 0.875 bits per heavy atom. The van der Waals surface area contributed by atoms with Crippen LogP contribution in [0.15, 0.2) is 185 Å². The minimum Gasteiger partial charge on any atom is -0.456 e. The molecule has 0 saturated carbocycles. The van der Waals surface area contributed by atoms with Crippen LogP contribution in [0.5, 0.6) is 0 Å². The number of hydrogen-bond acceptors (Lipinski definition) is 5. The molecule has 0 fully saturated rings. The molecule has 0 saturated heterocycles. The number of fused-ring (bicyclic) bond motifs is 10. The molecule has 260 valence electrons. The smallest absolute Gasteiger partial charge is 0.164 e. The molecule has 5 nitrogen and oxygen atoms in total. The van der Waals surface area contributed by atoms with E-state index < -0.39 is 0 Å². The highest BCUT2D eigenvalue weighted by molar-refractivity contribution is 6.23. The summed E-state index contributed by atoms with van der Waals surface area (Å²) in [5, 5.41) is 11.1. The molecular weight excluding hydrogens is 687 g/mol. The van der Waals surface area contributed by atoms with Gasteiger partial charge in [-0.3, -0.25) is 0 Å². The summed E-state index contributed by atoms with van der Waals surface area (Å²) in [6.45, 7) is 0. The third-order valence-electron chi connectivity index (χ3n) is 11.1. The summed E-state index contributed by atoms with van der Waals surface area (Å²) in [6, 6.07) is 61.0. The summed E-state index contributed by atoms with van der Waals surface area (Å²) in [6.07, 6.45) is 0. The Morgan fingerprint density at radius 3 is 1.61 bits per heavy atom. The third-order valence-corrected chi connectivity index (χ3v) is 11.1. The summed E-state index contributed by atoms with van der Waals surface area (Å²) in [5.41, 5.74) is 8.06. The molecule has 0 aliphatic rings. The van der Waals surface area contributed by atoms with E-state index in [0.717, 1.165) is 87.9 Å². The van der Waals surface area contributed by atoms with Gasteiger partial charge in [-0.2, -0.15) is 0 Å². The second-order valence-electron chi connectivity index (χ2n) is 14.4. The lowest BCUT2D eigenvalue weighted by atomic mass is 9.95. The van der Waals surface area contributed by atoms with Gasteiger partial charge in [-0.25, -0.2) is 15.0 Å². The van der Waals surface area contributed by atoms with Crippen molar-refractivity contribution in [2.75, 3.05) is 0 Å². The summed E-state index contributed by atoms with van der Waals surface area (Å²) >= 11 is 0. The van der Waals surface area contributed by atoms with E-state index >= 15 is 0 Å². The highest BCUT2D eigenvalue weighted by Crippen LogP contribution is 2.43. The summed E-state index contributed by atoms with van der Waals surface area (Å²) in [7, 11) is 0. The van der Waals surface area contributed by atoms with Gasteiger partial charge in [0.1, 0.15) is 22.3 Å². The zero-order chi connectivity index (χ0) is 36.7. The molecule has 0 atom stereocenters. The number of para-hydroxylation sites is 1. The lowest BCUT2D eigenvalue weighted by Gasteiger charge is -2.10. The van der Waals surface area contributed by atoms with E-state index in [9.17, 15) is 0 Å². The molecule has 0 aliphatic heterocycles. The zero-order valence-corrected chi connectivity index (χ0v) is 29.9. The number of aromatic nitrogens is 3. The van der Waals surface area contributed by atoms with Crippen LogP contribution in [-0.2, 0) is 0 Å². The van der Waals surface area contributed by atoms with Crippen LogP contribution in [0.4, 0.5) is 0 Å². The standard InChI is InChI=1S/C51H29N3O2/c1-3-12-32-26-36(22-20-30(32)10-1)49-52-50(37-23-21-31-11-2-4-13-33(31)27-37)54-51(53-49)41-17-9-19-44-46(41)40-25-24-35(29-45(40)55-44)42-28-34-14-5-6-15-38(34)47-39-16-7-8-18-43(39)56-48(42)47/h1-29H. The highest BCUT2D eigenvalue weighted by Gasteiger charge is 2.21. The quantitative estimate of drug-likeness (QED) is 0.181. The lowest BCUT2D eigenvalue weighted by molar-refractivity contribution is 0.668. The molecule has 0 N–H and O–H groups in total. The number of hydrogen-bond donors (Lipinski definition) is 0. The molecule has 0 radical (unpaired) electrons. The fraction of sp³-hybridized carbons (Fsp3) is 0. The van der Waals surface area contributed by atoms with Crippen LogP contribution in [0.1, 0.15) is 0 Å². The van der Waals surface area contributed by atoms with Gasteiger partial charge in [-0.1, -0.05) is 133 Å². The van der Waals surface area contributed by atoms with Crippen molar-refractivity contribution in [3.05, 3.63) is 176 Å². The number of rotatable bonds is 4. The largest absolute Gasteiger partial charge is 0.456 e. The normalized spacial score (nSPS) is 11.9. The average molecular weight is 716 g/mol. The van der Waals surface area contributed by atoms with Crippen molar-refractivity contribution in [3.8, 4) is 45.3 Å². The maximum Gasteiger partial charge on any atom is 0.164 e. The molecule has 3 aromatic heterocycles. The Bertz CT molecular complexity index is 3460. The van der Waals surface area contributed by atoms with Crippen LogP contribution in [0.25, 0.3) is 121 Å². The molecule has 0 bridgehead atoms. The highest BCUT2D eigenvalue weighted by atomic mass is 16.3.